The van der Waals surface area contributed by atoms with Crippen molar-refractivity contribution in [2.45, 2.75) is 25.7 Å². The Labute approximate surface area is 144 Å². The fourth-order valence-corrected chi connectivity index (χ4v) is 2.99. The number of carbonyl (C=O) groups is 1. The molecule has 124 valence electrons. The second-order valence-electron chi connectivity index (χ2n) is 5.43. The molecule has 5 nitrogen and oxygen atoms in total. The van der Waals surface area contributed by atoms with E-state index in [9.17, 15) is 4.79 Å². The zero-order chi connectivity index (χ0) is 16.6. The average molecular weight is 341 g/mol. The number of nitrogens with one attached hydrogen (secondary N) is 1. The third kappa shape index (κ3) is 4.76. The number of benzene rings is 1. The molecule has 0 fully saturated rings. The van der Waals surface area contributed by atoms with E-state index in [2.05, 4.69) is 27.6 Å². The molecule has 0 radical (unpaired) electrons. The molecule has 2 aromatic heterocycles. The second-order valence-corrected chi connectivity index (χ2v) is 6.38. The van der Waals surface area contributed by atoms with E-state index in [0.717, 1.165) is 17.7 Å². The highest BCUT2D eigenvalue weighted by atomic mass is 32.1. The van der Waals surface area contributed by atoms with Crippen molar-refractivity contribution in [2.24, 2.45) is 0 Å². The average Bonchev–Trinajstić information content (AvgIpc) is 3.29. The summed E-state index contributed by atoms with van der Waals surface area (Å²) < 4.78 is 5.19. The summed E-state index contributed by atoms with van der Waals surface area (Å²) in [6, 6.07) is 14.2. The largest absolute Gasteiger partial charge is 0.356 e. The van der Waals surface area contributed by atoms with Crippen LogP contribution in [0, 0.1) is 0 Å². The van der Waals surface area contributed by atoms with E-state index in [4.69, 9.17) is 4.52 Å². The van der Waals surface area contributed by atoms with E-state index in [1.807, 2.05) is 35.7 Å². The fourth-order valence-electron chi connectivity index (χ4n) is 2.34. The maximum Gasteiger partial charge on any atom is 0.227 e. The summed E-state index contributed by atoms with van der Waals surface area (Å²) in [6.07, 6.45) is 2.72. The minimum absolute atomic E-state index is 0.0129. The number of hydrogen-bond donors (Lipinski definition) is 1. The first-order valence-corrected chi connectivity index (χ1v) is 8.86. The SMILES string of the molecule is O=C(CCc1nc(-c2cccs2)no1)NCCCc1ccccc1. The molecule has 1 aromatic carbocycles. The first-order chi connectivity index (χ1) is 11.8. The summed E-state index contributed by atoms with van der Waals surface area (Å²) >= 11 is 1.56. The molecular formula is C18H19N3O2S. The Morgan fingerprint density at radius 3 is 2.79 bits per heavy atom. The third-order valence-corrected chi connectivity index (χ3v) is 4.45. The summed E-state index contributed by atoms with van der Waals surface area (Å²) in [6.45, 7) is 0.679. The van der Waals surface area contributed by atoms with E-state index in [1.54, 1.807) is 11.3 Å². The molecule has 3 aromatic rings. The second kappa shape index (κ2) is 8.40. The van der Waals surface area contributed by atoms with Crippen LogP contribution in [0.1, 0.15) is 24.3 Å². The van der Waals surface area contributed by atoms with Crippen molar-refractivity contribution in [3.05, 3.63) is 59.3 Å². The molecule has 3 rings (SSSR count). The maximum absolute atomic E-state index is 11.9. The molecule has 0 unspecified atom stereocenters. The Kier molecular flexibility index (Phi) is 5.74. The standard InChI is InChI=1S/C18H19N3O2S/c22-16(19-12-4-8-14-6-2-1-3-7-14)10-11-17-20-18(21-23-17)15-9-5-13-24-15/h1-3,5-7,9,13H,4,8,10-12H2,(H,19,22). The van der Waals surface area contributed by atoms with Crippen LogP contribution in [-0.2, 0) is 17.6 Å². The zero-order valence-electron chi connectivity index (χ0n) is 13.3. The molecular weight excluding hydrogens is 322 g/mol. The van der Waals surface area contributed by atoms with Crippen molar-refractivity contribution in [3.63, 3.8) is 0 Å². The van der Waals surface area contributed by atoms with Crippen LogP contribution in [0.25, 0.3) is 10.7 Å². The van der Waals surface area contributed by atoms with Crippen LogP contribution >= 0.6 is 11.3 Å². The highest BCUT2D eigenvalue weighted by Crippen LogP contribution is 2.21. The van der Waals surface area contributed by atoms with Gasteiger partial charge in [-0.05, 0) is 29.9 Å². The molecule has 0 aliphatic rings. The Balaban J connectivity index is 1.35. The van der Waals surface area contributed by atoms with Crippen LogP contribution in [0.5, 0.6) is 0 Å². The van der Waals surface area contributed by atoms with Gasteiger partial charge in [0.2, 0.25) is 17.6 Å². The molecule has 1 amide bonds. The number of hydrogen-bond acceptors (Lipinski definition) is 5. The Bertz CT molecular complexity index is 754. The van der Waals surface area contributed by atoms with Crippen molar-refractivity contribution in [1.29, 1.82) is 0 Å². The highest BCUT2D eigenvalue weighted by molar-refractivity contribution is 7.13. The van der Waals surface area contributed by atoms with E-state index < -0.39 is 0 Å². The van der Waals surface area contributed by atoms with Crippen molar-refractivity contribution >= 4 is 17.2 Å². The molecule has 0 aliphatic heterocycles. The maximum atomic E-state index is 11.9. The lowest BCUT2D eigenvalue weighted by molar-refractivity contribution is -0.121. The van der Waals surface area contributed by atoms with Crippen molar-refractivity contribution < 1.29 is 9.32 Å². The van der Waals surface area contributed by atoms with Gasteiger partial charge in [0.15, 0.2) is 0 Å². The Morgan fingerprint density at radius 2 is 2.00 bits per heavy atom. The quantitative estimate of drug-likeness (QED) is 0.637. The predicted molar refractivity (Wildman–Crippen MR) is 93.7 cm³/mol. The number of nitrogens with zero attached hydrogens (tertiary/aromatic N) is 2. The van der Waals surface area contributed by atoms with Gasteiger partial charge in [-0.1, -0.05) is 41.6 Å². The first-order valence-electron chi connectivity index (χ1n) is 7.98. The first kappa shape index (κ1) is 16.4. The molecule has 0 saturated carbocycles. The fraction of sp³-hybridized carbons (Fsp3) is 0.278. The van der Waals surface area contributed by atoms with Crippen LogP contribution in [0.2, 0.25) is 0 Å². The van der Waals surface area contributed by atoms with Gasteiger partial charge in [-0.25, -0.2) is 0 Å². The third-order valence-electron chi connectivity index (χ3n) is 3.58. The predicted octanol–water partition coefficient (Wildman–Crippen LogP) is 3.48. The van der Waals surface area contributed by atoms with Crippen molar-refractivity contribution in [3.8, 4) is 10.7 Å². The zero-order valence-corrected chi connectivity index (χ0v) is 14.1. The van der Waals surface area contributed by atoms with Gasteiger partial charge < -0.3 is 9.84 Å². The summed E-state index contributed by atoms with van der Waals surface area (Å²) in [5, 5.41) is 8.84. The molecule has 24 heavy (non-hydrogen) atoms. The van der Waals surface area contributed by atoms with Gasteiger partial charge in [0, 0.05) is 19.4 Å². The molecule has 2 heterocycles. The monoisotopic (exact) mass is 341 g/mol. The van der Waals surface area contributed by atoms with Gasteiger partial charge >= 0.3 is 0 Å². The molecule has 0 saturated heterocycles. The van der Waals surface area contributed by atoms with Gasteiger partial charge in [0.05, 0.1) is 4.88 Å². The van der Waals surface area contributed by atoms with Crippen LogP contribution in [0.4, 0.5) is 0 Å². The van der Waals surface area contributed by atoms with Gasteiger partial charge in [0.1, 0.15) is 0 Å². The topological polar surface area (TPSA) is 68.0 Å². The summed E-state index contributed by atoms with van der Waals surface area (Å²) in [7, 11) is 0. The van der Waals surface area contributed by atoms with Gasteiger partial charge in [-0.15, -0.1) is 11.3 Å². The minimum Gasteiger partial charge on any atom is -0.356 e. The van der Waals surface area contributed by atoms with Crippen LogP contribution in [-0.4, -0.2) is 22.6 Å². The highest BCUT2D eigenvalue weighted by Gasteiger charge is 2.11. The molecule has 1 N–H and O–H groups in total. The van der Waals surface area contributed by atoms with Gasteiger partial charge in [-0.3, -0.25) is 4.79 Å². The summed E-state index contributed by atoms with van der Waals surface area (Å²) in [4.78, 5) is 17.1. The molecule has 0 atom stereocenters. The Hall–Kier alpha value is -2.47. The lowest BCUT2D eigenvalue weighted by Crippen LogP contribution is -2.25. The molecule has 0 aliphatic carbocycles. The summed E-state index contributed by atoms with van der Waals surface area (Å²) in [5.74, 6) is 1.10. The van der Waals surface area contributed by atoms with E-state index >= 15 is 0 Å². The summed E-state index contributed by atoms with van der Waals surface area (Å²) in [5.41, 5.74) is 1.29. The van der Waals surface area contributed by atoms with Crippen molar-refractivity contribution in [2.75, 3.05) is 6.54 Å². The minimum atomic E-state index is 0.0129. The molecule has 0 bridgehead atoms. The van der Waals surface area contributed by atoms with Crippen LogP contribution in [0.15, 0.2) is 52.4 Å². The molecule has 0 spiro atoms. The van der Waals surface area contributed by atoms with Crippen LogP contribution < -0.4 is 5.32 Å². The molecule has 6 heteroatoms. The van der Waals surface area contributed by atoms with Crippen LogP contribution in [0.3, 0.4) is 0 Å². The van der Waals surface area contributed by atoms with Gasteiger partial charge in [-0.2, -0.15) is 4.98 Å². The lowest BCUT2D eigenvalue weighted by atomic mass is 10.1. The lowest BCUT2D eigenvalue weighted by Gasteiger charge is -2.04. The number of thiophene rings is 1. The Morgan fingerprint density at radius 1 is 1.12 bits per heavy atom. The number of rotatable bonds is 8. The van der Waals surface area contributed by atoms with E-state index in [0.29, 0.717) is 31.1 Å². The van der Waals surface area contributed by atoms with Gasteiger partial charge in [0.25, 0.3) is 0 Å². The number of aromatic nitrogens is 2. The smallest absolute Gasteiger partial charge is 0.227 e. The normalized spacial score (nSPS) is 10.7. The number of aryl methyl sites for hydroxylation is 2. The van der Waals surface area contributed by atoms with Crippen molar-refractivity contribution in [1.82, 2.24) is 15.5 Å². The van der Waals surface area contributed by atoms with E-state index in [-0.39, 0.29) is 5.91 Å². The number of amides is 1. The number of carbonyl (C=O) groups excluding carboxylic acids is 1. The van der Waals surface area contributed by atoms with E-state index in [1.165, 1.54) is 5.56 Å².